The lowest BCUT2D eigenvalue weighted by Gasteiger charge is -2.32. The molecular formula is C23H30N2O2. The number of ketones is 1. The number of carbonyl (C=O) groups excluding carboxylic acids is 1. The molecule has 2 aromatic rings. The van der Waals surface area contributed by atoms with Crippen molar-refractivity contribution in [2.45, 2.75) is 25.3 Å². The summed E-state index contributed by atoms with van der Waals surface area (Å²) in [4.78, 5) is 17.9. The second-order valence-electron chi connectivity index (χ2n) is 7.34. The molecule has 0 bridgehead atoms. The Balaban J connectivity index is 1.91. The molecule has 1 saturated heterocycles. The maximum atomic E-state index is 13.4. The van der Waals surface area contributed by atoms with E-state index in [0.29, 0.717) is 0 Å². The van der Waals surface area contributed by atoms with E-state index in [2.05, 4.69) is 55.1 Å². The molecular weight excluding hydrogens is 336 g/mol. The first-order valence-electron chi connectivity index (χ1n) is 9.80. The van der Waals surface area contributed by atoms with Crippen molar-refractivity contribution in [1.29, 1.82) is 0 Å². The van der Waals surface area contributed by atoms with Crippen LogP contribution in [0.4, 0.5) is 5.69 Å². The van der Waals surface area contributed by atoms with E-state index in [-0.39, 0.29) is 17.7 Å². The van der Waals surface area contributed by atoms with E-state index in [1.165, 1.54) is 5.69 Å². The predicted molar refractivity (Wildman–Crippen MR) is 111 cm³/mol. The molecule has 1 aliphatic rings. The molecule has 4 nitrogen and oxygen atoms in total. The maximum absolute atomic E-state index is 13.4. The highest BCUT2D eigenvalue weighted by Gasteiger charge is 2.31. The van der Waals surface area contributed by atoms with Gasteiger partial charge in [0.1, 0.15) is 0 Å². The largest absolute Gasteiger partial charge is 0.378 e. The molecule has 2 atom stereocenters. The van der Waals surface area contributed by atoms with Gasteiger partial charge >= 0.3 is 0 Å². The summed E-state index contributed by atoms with van der Waals surface area (Å²) in [6.07, 6.45) is 0.918. The van der Waals surface area contributed by atoms with E-state index in [1.54, 1.807) is 0 Å². The quantitative estimate of drug-likeness (QED) is 0.697. The van der Waals surface area contributed by atoms with E-state index in [4.69, 9.17) is 4.74 Å². The van der Waals surface area contributed by atoms with Crippen LogP contribution in [0.2, 0.25) is 0 Å². The Hall–Kier alpha value is -2.17. The third-order valence-corrected chi connectivity index (χ3v) is 5.44. The first-order chi connectivity index (χ1) is 13.1. The number of anilines is 1. The second kappa shape index (κ2) is 9.16. The number of ether oxygens (including phenoxy) is 1. The number of nitrogens with zero attached hydrogens (tertiary/aromatic N) is 2. The first-order valence-corrected chi connectivity index (χ1v) is 9.80. The van der Waals surface area contributed by atoms with E-state index in [1.807, 2.05) is 30.3 Å². The molecule has 3 rings (SSSR count). The number of carbonyl (C=O) groups is 1. The third kappa shape index (κ3) is 4.57. The van der Waals surface area contributed by atoms with Gasteiger partial charge in [-0.2, -0.15) is 0 Å². The smallest absolute Gasteiger partial charge is 0.171 e. The zero-order chi connectivity index (χ0) is 19.2. The summed E-state index contributed by atoms with van der Waals surface area (Å²) in [5.41, 5.74) is 3.06. The number of likely N-dealkylation sites (N-methyl/N-ethyl adjacent to an activating group) is 1. The standard InChI is InChI=1S/C23H30N2O2/c1-4-21(24(2)3)22(23(26)19-8-6-5-7-9-19)18-10-12-20(13-11-18)25-14-16-27-17-15-25/h5-13,21-22H,4,14-17H2,1-3H3. The summed E-state index contributed by atoms with van der Waals surface area (Å²) < 4.78 is 5.44. The molecule has 0 aliphatic carbocycles. The summed E-state index contributed by atoms with van der Waals surface area (Å²) in [7, 11) is 4.11. The van der Waals surface area contributed by atoms with Crippen molar-refractivity contribution in [3.63, 3.8) is 0 Å². The SMILES string of the molecule is CCC(C(C(=O)c1ccccc1)c1ccc(N2CCOCC2)cc1)N(C)C. The molecule has 0 saturated carbocycles. The van der Waals surface area contributed by atoms with E-state index < -0.39 is 0 Å². The first kappa shape index (κ1) is 19.6. The van der Waals surface area contributed by atoms with Gasteiger partial charge in [-0.05, 0) is 38.2 Å². The lowest BCUT2D eigenvalue weighted by molar-refractivity contribution is 0.0902. The summed E-state index contributed by atoms with van der Waals surface area (Å²) >= 11 is 0. The van der Waals surface area contributed by atoms with E-state index in [0.717, 1.165) is 43.9 Å². The minimum Gasteiger partial charge on any atom is -0.378 e. The molecule has 0 radical (unpaired) electrons. The van der Waals surface area contributed by atoms with Crippen LogP contribution in [-0.2, 0) is 4.74 Å². The van der Waals surface area contributed by atoms with Crippen LogP contribution < -0.4 is 4.90 Å². The van der Waals surface area contributed by atoms with E-state index in [9.17, 15) is 4.79 Å². The van der Waals surface area contributed by atoms with Crippen molar-refractivity contribution >= 4 is 11.5 Å². The van der Waals surface area contributed by atoms with Crippen molar-refractivity contribution in [2.24, 2.45) is 0 Å². The third-order valence-electron chi connectivity index (χ3n) is 5.44. The van der Waals surface area contributed by atoms with Gasteiger partial charge in [0.15, 0.2) is 5.78 Å². The lowest BCUT2D eigenvalue weighted by Crippen LogP contribution is -2.38. The van der Waals surface area contributed by atoms with E-state index >= 15 is 0 Å². The molecule has 0 N–H and O–H groups in total. The molecule has 2 unspecified atom stereocenters. The highest BCUT2D eigenvalue weighted by molar-refractivity contribution is 6.01. The van der Waals surface area contributed by atoms with Crippen LogP contribution in [0, 0.1) is 0 Å². The van der Waals surface area contributed by atoms with Gasteiger partial charge in [-0.3, -0.25) is 4.79 Å². The Bertz CT molecular complexity index is 722. The van der Waals surface area contributed by atoms with Crippen molar-refractivity contribution in [3.05, 3.63) is 65.7 Å². The lowest BCUT2D eigenvalue weighted by atomic mass is 9.83. The number of morpholine rings is 1. The number of Topliss-reactive ketones (excluding diaryl/α,β-unsaturated/α-hetero) is 1. The summed E-state index contributed by atoms with van der Waals surface area (Å²) in [5, 5.41) is 0. The van der Waals surface area contributed by atoms with Crippen LogP contribution in [-0.4, -0.2) is 57.1 Å². The zero-order valence-electron chi connectivity index (χ0n) is 16.6. The Labute approximate surface area is 162 Å². The molecule has 144 valence electrons. The highest BCUT2D eigenvalue weighted by Crippen LogP contribution is 2.30. The second-order valence-corrected chi connectivity index (χ2v) is 7.34. The van der Waals surface area contributed by atoms with Crippen LogP contribution in [0.15, 0.2) is 54.6 Å². The molecule has 0 amide bonds. The molecule has 0 aromatic heterocycles. The Morgan fingerprint density at radius 1 is 1.04 bits per heavy atom. The van der Waals surface area contributed by atoms with Crippen molar-refractivity contribution in [2.75, 3.05) is 45.3 Å². The predicted octanol–water partition coefficient (Wildman–Crippen LogP) is 3.83. The minimum absolute atomic E-state index is 0.159. The number of benzene rings is 2. The van der Waals surface area contributed by atoms with Gasteiger partial charge in [-0.1, -0.05) is 49.4 Å². The topological polar surface area (TPSA) is 32.8 Å². The van der Waals surface area contributed by atoms with Gasteiger partial charge in [-0.15, -0.1) is 0 Å². The van der Waals surface area contributed by atoms with Crippen molar-refractivity contribution in [3.8, 4) is 0 Å². The van der Waals surface area contributed by atoms with Crippen LogP contribution >= 0.6 is 0 Å². The molecule has 4 heteroatoms. The molecule has 27 heavy (non-hydrogen) atoms. The number of hydrogen-bond acceptors (Lipinski definition) is 4. The fourth-order valence-corrected chi connectivity index (χ4v) is 3.94. The minimum atomic E-state index is -0.175. The normalized spacial score (nSPS) is 17.0. The Morgan fingerprint density at radius 2 is 1.67 bits per heavy atom. The zero-order valence-corrected chi connectivity index (χ0v) is 16.6. The van der Waals surface area contributed by atoms with Crippen LogP contribution in [0.25, 0.3) is 0 Å². The van der Waals surface area contributed by atoms with Crippen molar-refractivity contribution < 1.29 is 9.53 Å². The van der Waals surface area contributed by atoms with Gasteiger partial charge in [0.05, 0.1) is 19.1 Å². The molecule has 1 heterocycles. The monoisotopic (exact) mass is 366 g/mol. The highest BCUT2D eigenvalue weighted by atomic mass is 16.5. The number of rotatable bonds is 7. The molecule has 0 spiro atoms. The summed E-state index contributed by atoms with van der Waals surface area (Å²) in [6, 6.07) is 18.4. The average molecular weight is 367 g/mol. The molecule has 1 aliphatic heterocycles. The fourth-order valence-electron chi connectivity index (χ4n) is 3.94. The summed E-state index contributed by atoms with van der Waals surface area (Å²) in [6.45, 7) is 5.53. The number of hydrogen-bond donors (Lipinski definition) is 0. The van der Waals surface area contributed by atoms with Gasteiger partial charge in [0.25, 0.3) is 0 Å². The van der Waals surface area contributed by atoms with Gasteiger partial charge in [-0.25, -0.2) is 0 Å². The van der Waals surface area contributed by atoms with Gasteiger partial charge < -0.3 is 14.5 Å². The Kier molecular flexibility index (Phi) is 6.64. The van der Waals surface area contributed by atoms with Crippen LogP contribution in [0.1, 0.15) is 35.2 Å². The molecule has 2 aromatic carbocycles. The maximum Gasteiger partial charge on any atom is 0.171 e. The Morgan fingerprint density at radius 3 is 2.22 bits per heavy atom. The average Bonchev–Trinajstić information content (AvgIpc) is 2.72. The van der Waals surface area contributed by atoms with Crippen LogP contribution in [0.3, 0.4) is 0 Å². The molecule has 1 fully saturated rings. The fraction of sp³-hybridized carbons (Fsp3) is 0.435. The van der Waals surface area contributed by atoms with Gasteiger partial charge in [0, 0.05) is 30.4 Å². The van der Waals surface area contributed by atoms with Crippen molar-refractivity contribution in [1.82, 2.24) is 4.90 Å². The van der Waals surface area contributed by atoms with Gasteiger partial charge in [0.2, 0.25) is 0 Å². The summed E-state index contributed by atoms with van der Waals surface area (Å²) in [5.74, 6) is 0.0152. The van der Waals surface area contributed by atoms with Crippen LogP contribution in [0.5, 0.6) is 0 Å².